The number of hydrogen-bond donors (Lipinski definition) is 1. The first-order chi connectivity index (χ1) is 7.59. The Bertz CT molecular complexity index is 289. The third-order valence-electron chi connectivity index (χ3n) is 2.56. The molecule has 0 bridgehead atoms. The van der Waals surface area contributed by atoms with Crippen LogP contribution in [-0.2, 0) is 14.4 Å². The lowest BCUT2D eigenvalue weighted by atomic mass is 10.1. The van der Waals surface area contributed by atoms with Gasteiger partial charge >= 0.3 is 0 Å². The van der Waals surface area contributed by atoms with E-state index in [1.54, 1.807) is 4.90 Å². The number of nitrogens with one attached hydrogen (secondary N) is 1. The monoisotopic (exact) mass is 226 g/mol. The first kappa shape index (κ1) is 12.7. The van der Waals surface area contributed by atoms with Crippen molar-refractivity contribution in [2.24, 2.45) is 0 Å². The molecule has 0 spiro atoms. The van der Waals surface area contributed by atoms with Gasteiger partial charge in [-0.2, -0.15) is 0 Å². The highest BCUT2D eigenvalue weighted by Gasteiger charge is 2.18. The largest absolute Gasteiger partial charge is 0.349 e. The molecule has 1 aliphatic heterocycles. The average Bonchev–Trinajstić information content (AvgIpc) is 2.25. The van der Waals surface area contributed by atoms with Crippen molar-refractivity contribution in [3.05, 3.63) is 0 Å². The van der Waals surface area contributed by atoms with Crippen molar-refractivity contribution in [1.29, 1.82) is 0 Å². The average molecular weight is 226 g/mol. The summed E-state index contributed by atoms with van der Waals surface area (Å²) in [6.45, 7) is 2.71. The molecule has 0 saturated carbocycles. The lowest BCUT2D eigenvalue weighted by Gasteiger charge is -2.26. The molecule has 16 heavy (non-hydrogen) atoms. The van der Waals surface area contributed by atoms with Crippen molar-refractivity contribution in [3.8, 4) is 0 Å². The van der Waals surface area contributed by atoms with Gasteiger partial charge in [-0.25, -0.2) is 0 Å². The van der Waals surface area contributed by atoms with Gasteiger partial charge in [0.15, 0.2) is 0 Å². The number of Topliss-reactive ketones (excluding diaryl/α,β-unsaturated/α-hetero) is 1. The standard InChI is InChI=1S/C11H18N2O3/c1-9(14)8-12-10(15)5-7-13-6-3-2-4-11(13)16/h2-8H2,1H3,(H,12,15). The molecule has 1 saturated heterocycles. The summed E-state index contributed by atoms with van der Waals surface area (Å²) >= 11 is 0. The van der Waals surface area contributed by atoms with Crippen LogP contribution in [0.25, 0.3) is 0 Å². The summed E-state index contributed by atoms with van der Waals surface area (Å²) in [5.41, 5.74) is 0. The Kier molecular flexibility index (Phi) is 4.95. The van der Waals surface area contributed by atoms with E-state index in [0.717, 1.165) is 19.4 Å². The van der Waals surface area contributed by atoms with Crippen LogP contribution in [0.1, 0.15) is 32.6 Å². The molecule has 1 fully saturated rings. The second-order valence-electron chi connectivity index (χ2n) is 4.07. The smallest absolute Gasteiger partial charge is 0.222 e. The third-order valence-corrected chi connectivity index (χ3v) is 2.56. The predicted molar refractivity (Wildman–Crippen MR) is 58.7 cm³/mol. The van der Waals surface area contributed by atoms with Gasteiger partial charge in [-0.05, 0) is 19.8 Å². The van der Waals surface area contributed by atoms with Crippen molar-refractivity contribution in [3.63, 3.8) is 0 Å². The van der Waals surface area contributed by atoms with Gasteiger partial charge in [0, 0.05) is 25.9 Å². The van der Waals surface area contributed by atoms with Gasteiger partial charge in [-0.1, -0.05) is 0 Å². The number of nitrogens with zero attached hydrogens (tertiary/aromatic N) is 1. The molecule has 0 aliphatic carbocycles. The van der Waals surface area contributed by atoms with Crippen molar-refractivity contribution in [1.82, 2.24) is 10.2 Å². The van der Waals surface area contributed by atoms with Gasteiger partial charge in [0.1, 0.15) is 5.78 Å². The van der Waals surface area contributed by atoms with Crippen molar-refractivity contribution < 1.29 is 14.4 Å². The van der Waals surface area contributed by atoms with Crippen LogP contribution >= 0.6 is 0 Å². The molecule has 5 heteroatoms. The van der Waals surface area contributed by atoms with Crippen LogP contribution in [0, 0.1) is 0 Å². The number of piperidine rings is 1. The number of hydrogen-bond acceptors (Lipinski definition) is 3. The Balaban J connectivity index is 2.20. The Morgan fingerprint density at radius 3 is 2.75 bits per heavy atom. The Morgan fingerprint density at radius 2 is 2.12 bits per heavy atom. The molecule has 0 atom stereocenters. The van der Waals surface area contributed by atoms with E-state index in [1.165, 1.54) is 6.92 Å². The molecule has 0 unspecified atom stereocenters. The lowest BCUT2D eigenvalue weighted by Crippen LogP contribution is -2.38. The molecule has 0 aromatic rings. The number of amides is 2. The highest BCUT2D eigenvalue weighted by Crippen LogP contribution is 2.10. The molecular formula is C11H18N2O3. The van der Waals surface area contributed by atoms with Crippen molar-refractivity contribution in [2.45, 2.75) is 32.6 Å². The molecule has 2 amide bonds. The molecule has 1 aliphatic rings. The van der Waals surface area contributed by atoms with Gasteiger partial charge in [0.05, 0.1) is 6.54 Å². The quantitative estimate of drug-likeness (QED) is 0.722. The van der Waals surface area contributed by atoms with Gasteiger partial charge in [0.2, 0.25) is 11.8 Å². The van der Waals surface area contributed by atoms with E-state index in [9.17, 15) is 14.4 Å². The summed E-state index contributed by atoms with van der Waals surface area (Å²) < 4.78 is 0. The minimum Gasteiger partial charge on any atom is -0.349 e. The normalized spacial score (nSPS) is 16.1. The fourth-order valence-corrected chi connectivity index (χ4v) is 1.65. The highest BCUT2D eigenvalue weighted by molar-refractivity contribution is 5.85. The van der Waals surface area contributed by atoms with Gasteiger partial charge in [-0.3, -0.25) is 14.4 Å². The van der Waals surface area contributed by atoms with Crippen LogP contribution in [0.4, 0.5) is 0 Å². The topological polar surface area (TPSA) is 66.5 Å². The van der Waals surface area contributed by atoms with Gasteiger partial charge in [-0.15, -0.1) is 0 Å². The summed E-state index contributed by atoms with van der Waals surface area (Å²) in [7, 11) is 0. The Labute approximate surface area is 95.2 Å². The number of carbonyl (C=O) groups excluding carboxylic acids is 3. The van der Waals surface area contributed by atoms with Crippen LogP contribution < -0.4 is 5.32 Å². The number of carbonyl (C=O) groups is 3. The van der Waals surface area contributed by atoms with Crippen LogP contribution in [0.2, 0.25) is 0 Å². The van der Waals surface area contributed by atoms with Crippen LogP contribution in [0.15, 0.2) is 0 Å². The maximum atomic E-state index is 11.4. The van der Waals surface area contributed by atoms with E-state index in [-0.39, 0.29) is 30.6 Å². The second kappa shape index (κ2) is 6.25. The van der Waals surface area contributed by atoms with Crippen LogP contribution in [-0.4, -0.2) is 42.1 Å². The molecule has 90 valence electrons. The van der Waals surface area contributed by atoms with E-state index in [4.69, 9.17) is 0 Å². The van der Waals surface area contributed by atoms with Crippen molar-refractivity contribution >= 4 is 17.6 Å². The van der Waals surface area contributed by atoms with Crippen molar-refractivity contribution in [2.75, 3.05) is 19.6 Å². The number of rotatable bonds is 5. The maximum absolute atomic E-state index is 11.4. The van der Waals surface area contributed by atoms with Gasteiger partial charge in [0.25, 0.3) is 0 Å². The van der Waals surface area contributed by atoms with E-state index < -0.39 is 0 Å². The SMILES string of the molecule is CC(=O)CNC(=O)CCN1CCCCC1=O. The van der Waals surface area contributed by atoms with Gasteiger partial charge < -0.3 is 10.2 Å². The van der Waals surface area contributed by atoms with E-state index in [0.29, 0.717) is 13.0 Å². The molecule has 0 aromatic heterocycles. The zero-order valence-electron chi connectivity index (χ0n) is 9.62. The summed E-state index contributed by atoms with van der Waals surface area (Å²) in [4.78, 5) is 35.1. The molecule has 1 heterocycles. The minimum absolute atomic E-state index is 0.0672. The number of ketones is 1. The molecule has 0 aromatic carbocycles. The molecular weight excluding hydrogens is 208 g/mol. The zero-order chi connectivity index (χ0) is 12.0. The minimum atomic E-state index is -0.173. The van der Waals surface area contributed by atoms with E-state index in [1.807, 2.05) is 0 Å². The number of likely N-dealkylation sites (tertiary alicyclic amines) is 1. The maximum Gasteiger partial charge on any atom is 0.222 e. The van der Waals surface area contributed by atoms with E-state index >= 15 is 0 Å². The fraction of sp³-hybridized carbons (Fsp3) is 0.727. The van der Waals surface area contributed by atoms with Crippen LogP contribution in [0.3, 0.4) is 0 Å². The summed E-state index contributed by atoms with van der Waals surface area (Å²) in [5, 5.41) is 2.51. The zero-order valence-corrected chi connectivity index (χ0v) is 9.62. The fourth-order valence-electron chi connectivity index (χ4n) is 1.65. The third kappa shape index (κ3) is 4.42. The highest BCUT2D eigenvalue weighted by atomic mass is 16.2. The van der Waals surface area contributed by atoms with Crippen LogP contribution in [0.5, 0.6) is 0 Å². The Hall–Kier alpha value is -1.39. The summed E-state index contributed by atoms with van der Waals surface area (Å²) in [5.74, 6) is -0.110. The molecule has 0 radical (unpaired) electrons. The first-order valence-corrected chi connectivity index (χ1v) is 5.63. The molecule has 1 N–H and O–H groups in total. The van der Waals surface area contributed by atoms with E-state index in [2.05, 4.69) is 5.32 Å². The Morgan fingerprint density at radius 1 is 1.38 bits per heavy atom. The second-order valence-corrected chi connectivity index (χ2v) is 4.07. The summed E-state index contributed by atoms with van der Waals surface area (Å²) in [6.07, 6.45) is 2.83. The predicted octanol–water partition coefficient (Wildman–Crippen LogP) is 0.0942. The lowest BCUT2D eigenvalue weighted by molar-refractivity contribution is -0.134. The molecule has 1 rings (SSSR count). The summed E-state index contributed by atoms with van der Waals surface area (Å²) in [6, 6.07) is 0. The first-order valence-electron chi connectivity index (χ1n) is 5.63. The molecule has 5 nitrogen and oxygen atoms in total.